The van der Waals surface area contributed by atoms with Crippen LogP contribution in [0.3, 0.4) is 0 Å². The molecule has 40 valence electrons. The van der Waals surface area contributed by atoms with Gasteiger partial charge in [-0.1, -0.05) is 0 Å². The molecule has 1 rings (SSSR count). The van der Waals surface area contributed by atoms with Crippen molar-refractivity contribution in [2.75, 3.05) is 0 Å². The van der Waals surface area contributed by atoms with E-state index in [1.54, 1.807) is 0 Å². The monoisotopic (exact) mass is 100 g/mol. The van der Waals surface area contributed by atoms with Crippen LogP contribution in [0.4, 0.5) is 0 Å². The fourth-order valence-corrected chi connectivity index (χ4v) is 0.638. The van der Waals surface area contributed by atoms with Crippen LogP contribution in [0.1, 0.15) is 12.8 Å². The number of hydrogen-bond acceptors (Lipinski definition) is 2. The van der Waals surface area contributed by atoms with E-state index in [4.69, 9.17) is 5.73 Å². The summed E-state index contributed by atoms with van der Waals surface area (Å²) >= 11 is 0. The van der Waals surface area contributed by atoms with Crippen LogP contribution in [0.25, 0.3) is 0 Å². The first-order valence-electron chi connectivity index (χ1n) is 2.34. The van der Waals surface area contributed by atoms with E-state index in [0.717, 1.165) is 6.42 Å². The lowest BCUT2D eigenvalue weighted by Crippen LogP contribution is -2.32. The van der Waals surface area contributed by atoms with Gasteiger partial charge in [0, 0.05) is 6.42 Å². The van der Waals surface area contributed by atoms with E-state index in [-0.39, 0.29) is 12.1 Å². The summed E-state index contributed by atoms with van der Waals surface area (Å²) in [6.45, 7) is 0. The summed E-state index contributed by atoms with van der Waals surface area (Å²) in [5.74, 6) is 0.0764. The standard InChI is InChI=1S/C4H8N2O/c5-3-1-2-4(7)6-3/h3H,1-2,5H2,(H,6,7)/t3-/m1/s1. The Morgan fingerprint density at radius 3 is 2.71 bits per heavy atom. The predicted molar refractivity (Wildman–Crippen MR) is 25.4 cm³/mol. The van der Waals surface area contributed by atoms with E-state index in [1.807, 2.05) is 0 Å². The minimum absolute atomic E-state index is 0.0764. The van der Waals surface area contributed by atoms with Gasteiger partial charge in [-0.25, -0.2) is 0 Å². The molecule has 0 aromatic rings. The zero-order chi connectivity index (χ0) is 5.28. The molecule has 1 atom stereocenters. The molecule has 3 heteroatoms. The van der Waals surface area contributed by atoms with Gasteiger partial charge in [0.15, 0.2) is 0 Å². The molecule has 1 heterocycles. The highest BCUT2D eigenvalue weighted by Crippen LogP contribution is 1.99. The van der Waals surface area contributed by atoms with Gasteiger partial charge in [0.2, 0.25) is 5.91 Å². The highest BCUT2D eigenvalue weighted by atomic mass is 16.2. The van der Waals surface area contributed by atoms with Crippen molar-refractivity contribution in [1.29, 1.82) is 0 Å². The van der Waals surface area contributed by atoms with Gasteiger partial charge < -0.3 is 11.1 Å². The van der Waals surface area contributed by atoms with Gasteiger partial charge >= 0.3 is 0 Å². The lowest BCUT2D eigenvalue weighted by atomic mass is 10.3. The number of nitrogens with two attached hydrogens (primary N) is 1. The lowest BCUT2D eigenvalue weighted by Gasteiger charge is -1.96. The summed E-state index contributed by atoms with van der Waals surface area (Å²) in [6, 6.07) is 0. The second-order valence-corrected chi connectivity index (χ2v) is 1.71. The third kappa shape index (κ3) is 0.899. The van der Waals surface area contributed by atoms with Crippen molar-refractivity contribution in [3.8, 4) is 0 Å². The maximum absolute atomic E-state index is 10.3. The molecule has 0 saturated carbocycles. The first kappa shape index (κ1) is 4.59. The van der Waals surface area contributed by atoms with Gasteiger partial charge in [-0.3, -0.25) is 4.79 Å². The zero-order valence-corrected chi connectivity index (χ0v) is 3.98. The summed E-state index contributed by atoms with van der Waals surface area (Å²) in [5, 5.41) is 2.56. The van der Waals surface area contributed by atoms with Crippen molar-refractivity contribution >= 4 is 5.91 Å². The van der Waals surface area contributed by atoms with Crippen molar-refractivity contribution in [1.82, 2.24) is 5.32 Å². The molecule has 0 aromatic heterocycles. The molecule has 7 heavy (non-hydrogen) atoms. The highest BCUT2D eigenvalue weighted by Gasteiger charge is 2.15. The molecule has 1 fully saturated rings. The van der Waals surface area contributed by atoms with Gasteiger partial charge in [-0.15, -0.1) is 0 Å². The Bertz CT molecular complexity index is 91.7. The van der Waals surface area contributed by atoms with Crippen molar-refractivity contribution < 1.29 is 4.79 Å². The number of carbonyl (C=O) groups is 1. The van der Waals surface area contributed by atoms with Crippen LogP contribution >= 0.6 is 0 Å². The van der Waals surface area contributed by atoms with Crippen molar-refractivity contribution in [3.05, 3.63) is 0 Å². The molecule has 0 bridgehead atoms. The predicted octanol–water partition coefficient (Wildman–Crippen LogP) is -0.819. The average Bonchev–Trinajstić information content (AvgIpc) is 1.87. The van der Waals surface area contributed by atoms with Crippen LogP contribution in [-0.4, -0.2) is 12.1 Å². The molecule has 0 unspecified atom stereocenters. The largest absolute Gasteiger partial charge is 0.341 e. The van der Waals surface area contributed by atoms with E-state index in [2.05, 4.69) is 5.32 Å². The molecular weight excluding hydrogens is 92.1 g/mol. The van der Waals surface area contributed by atoms with E-state index >= 15 is 0 Å². The Balaban J connectivity index is 2.40. The number of carbonyl (C=O) groups excluding carboxylic acids is 1. The molecule has 1 amide bonds. The average molecular weight is 100 g/mol. The molecule has 1 saturated heterocycles. The second kappa shape index (κ2) is 1.50. The van der Waals surface area contributed by atoms with Gasteiger partial charge in [-0.05, 0) is 6.42 Å². The molecule has 3 N–H and O–H groups in total. The Morgan fingerprint density at radius 1 is 1.86 bits per heavy atom. The summed E-state index contributed by atoms with van der Waals surface area (Å²) in [5.41, 5.74) is 5.29. The fraction of sp³-hybridized carbons (Fsp3) is 0.750. The molecule has 1 aliphatic heterocycles. The molecule has 0 radical (unpaired) electrons. The highest BCUT2D eigenvalue weighted by molar-refractivity contribution is 5.78. The van der Waals surface area contributed by atoms with Gasteiger partial charge in [0.25, 0.3) is 0 Å². The normalized spacial score (nSPS) is 30.4. The Hall–Kier alpha value is -0.570. The number of hydrogen-bond donors (Lipinski definition) is 2. The topological polar surface area (TPSA) is 55.1 Å². The number of nitrogens with one attached hydrogen (secondary N) is 1. The summed E-state index contributed by atoms with van der Waals surface area (Å²) in [7, 11) is 0. The third-order valence-electron chi connectivity index (χ3n) is 1.03. The van der Waals surface area contributed by atoms with E-state index < -0.39 is 0 Å². The van der Waals surface area contributed by atoms with Crippen LogP contribution in [0.15, 0.2) is 0 Å². The van der Waals surface area contributed by atoms with Crippen LogP contribution in [-0.2, 0) is 4.79 Å². The molecule has 0 aromatic carbocycles. The van der Waals surface area contributed by atoms with Crippen molar-refractivity contribution in [3.63, 3.8) is 0 Å². The SMILES string of the molecule is N[C@H]1CCC(=O)N1. The first-order chi connectivity index (χ1) is 3.29. The molecular formula is C4H8N2O. The minimum atomic E-state index is -0.0764. The fourth-order valence-electron chi connectivity index (χ4n) is 0.638. The van der Waals surface area contributed by atoms with Crippen LogP contribution < -0.4 is 11.1 Å². The first-order valence-corrected chi connectivity index (χ1v) is 2.34. The maximum atomic E-state index is 10.3. The lowest BCUT2D eigenvalue weighted by molar-refractivity contribution is -0.119. The van der Waals surface area contributed by atoms with Crippen LogP contribution in [0.2, 0.25) is 0 Å². The molecule has 1 aliphatic rings. The van der Waals surface area contributed by atoms with Gasteiger partial charge in [0.05, 0.1) is 6.17 Å². The van der Waals surface area contributed by atoms with E-state index in [0.29, 0.717) is 6.42 Å². The Labute approximate surface area is 41.9 Å². The molecule has 0 spiro atoms. The maximum Gasteiger partial charge on any atom is 0.221 e. The summed E-state index contributed by atoms with van der Waals surface area (Å²) in [6.07, 6.45) is 1.31. The third-order valence-corrected chi connectivity index (χ3v) is 1.03. The Kier molecular flexibility index (Phi) is 0.982. The van der Waals surface area contributed by atoms with E-state index in [9.17, 15) is 4.79 Å². The quantitative estimate of drug-likeness (QED) is 0.418. The van der Waals surface area contributed by atoms with Gasteiger partial charge in [-0.2, -0.15) is 0 Å². The Morgan fingerprint density at radius 2 is 2.57 bits per heavy atom. The zero-order valence-electron chi connectivity index (χ0n) is 3.98. The minimum Gasteiger partial charge on any atom is -0.341 e. The molecule has 3 nitrogen and oxygen atoms in total. The second-order valence-electron chi connectivity index (χ2n) is 1.71. The summed E-state index contributed by atoms with van der Waals surface area (Å²) in [4.78, 5) is 10.3. The van der Waals surface area contributed by atoms with Crippen LogP contribution in [0.5, 0.6) is 0 Å². The van der Waals surface area contributed by atoms with Crippen molar-refractivity contribution in [2.45, 2.75) is 19.0 Å². The van der Waals surface area contributed by atoms with E-state index in [1.165, 1.54) is 0 Å². The summed E-state index contributed by atoms with van der Waals surface area (Å²) < 4.78 is 0. The number of amides is 1. The molecule has 0 aliphatic carbocycles. The van der Waals surface area contributed by atoms with Gasteiger partial charge in [0.1, 0.15) is 0 Å². The number of rotatable bonds is 0. The smallest absolute Gasteiger partial charge is 0.221 e. The van der Waals surface area contributed by atoms with Crippen molar-refractivity contribution in [2.24, 2.45) is 5.73 Å². The van der Waals surface area contributed by atoms with Crippen LogP contribution in [0, 0.1) is 0 Å².